The van der Waals surface area contributed by atoms with Crippen LogP contribution in [0.4, 0.5) is 0 Å². The topological polar surface area (TPSA) is 43.4 Å². The molecule has 3 atom stereocenters. The zero-order chi connectivity index (χ0) is 12.1. The molecule has 4 nitrogen and oxygen atoms in total. The van der Waals surface area contributed by atoms with Crippen LogP contribution in [0.3, 0.4) is 0 Å². The Hall–Kier alpha value is -0.970. The summed E-state index contributed by atoms with van der Waals surface area (Å²) in [7, 11) is 1.96. The largest absolute Gasteiger partial charge is 0.376 e. The summed E-state index contributed by atoms with van der Waals surface area (Å²) in [6.07, 6.45) is 1.93. The van der Waals surface area contributed by atoms with Gasteiger partial charge in [-0.15, -0.1) is 0 Å². The summed E-state index contributed by atoms with van der Waals surface area (Å²) in [6.45, 7) is 4.20. The molecule has 3 unspecified atom stereocenters. The van der Waals surface area contributed by atoms with Gasteiger partial charge in [-0.25, -0.2) is 0 Å². The van der Waals surface area contributed by atoms with E-state index < -0.39 is 0 Å². The Kier molecular flexibility index (Phi) is 4.48. The molecule has 1 aromatic heterocycles. The third-order valence-electron chi connectivity index (χ3n) is 3.27. The van der Waals surface area contributed by atoms with Crippen LogP contribution < -0.4 is 5.32 Å². The normalized spacial score (nSPS) is 24.2. The molecule has 2 heterocycles. The van der Waals surface area contributed by atoms with Crippen molar-refractivity contribution in [1.29, 1.82) is 0 Å². The predicted octanol–water partition coefficient (Wildman–Crippen LogP) is 1.19. The summed E-state index contributed by atoms with van der Waals surface area (Å²) in [5.41, 5.74) is 1.08. The average Bonchev–Trinajstić information content (AvgIpc) is 2.42. The molecule has 0 bridgehead atoms. The fraction of sp³-hybridized carbons (Fsp3) is 0.615. The number of ether oxygens (including phenoxy) is 2. The number of nitrogens with one attached hydrogen (secondary N) is 1. The van der Waals surface area contributed by atoms with E-state index in [0.717, 1.165) is 5.69 Å². The first-order valence-corrected chi connectivity index (χ1v) is 6.10. The van der Waals surface area contributed by atoms with Crippen molar-refractivity contribution in [1.82, 2.24) is 10.3 Å². The van der Waals surface area contributed by atoms with Gasteiger partial charge >= 0.3 is 0 Å². The summed E-state index contributed by atoms with van der Waals surface area (Å²) >= 11 is 0. The average molecular weight is 236 g/mol. The summed E-state index contributed by atoms with van der Waals surface area (Å²) in [6, 6.07) is 6.23. The van der Waals surface area contributed by atoms with E-state index in [1.165, 1.54) is 0 Å². The van der Waals surface area contributed by atoms with E-state index in [0.29, 0.717) is 25.7 Å². The number of hydrogen-bond acceptors (Lipinski definition) is 4. The minimum atomic E-state index is 0.103. The molecule has 17 heavy (non-hydrogen) atoms. The van der Waals surface area contributed by atoms with E-state index >= 15 is 0 Å². The number of pyridine rings is 1. The van der Waals surface area contributed by atoms with Gasteiger partial charge < -0.3 is 14.8 Å². The number of hydrogen-bond donors (Lipinski definition) is 1. The molecule has 1 aliphatic heterocycles. The minimum absolute atomic E-state index is 0.103. The van der Waals surface area contributed by atoms with Crippen molar-refractivity contribution in [2.75, 3.05) is 26.9 Å². The van der Waals surface area contributed by atoms with Crippen LogP contribution in [0, 0.1) is 0 Å². The van der Waals surface area contributed by atoms with Crippen LogP contribution in [0.15, 0.2) is 24.4 Å². The molecule has 1 fully saturated rings. The van der Waals surface area contributed by atoms with E-state index in [2.05, 4.69) is 23.3 Å². The van der Waals surface area contributed by atoms with Gasteiger partial charge in [0.1, 0.15) is 0 Å². The SMILES string of the molecule is CNC(C1COCCO1)C(C)c1ccccn1. The Labute approximate surface area is 102 Å². The maximum absolute atomic E-state index is 5.76. The Bertz CT molecular complexity index is 325. The molecule has 0 radical (unpaired) electrons. The van der Waals surface area contributed by atoms with Crippen molar-refractivity contribution < 1.29 is 9.47 Å². The fourth-order valence-electron chi connectivity index (χ4n) is 2.30. The first-order valence-electron chi connectivity index (χ1n) is 6.10. The van der Waals surface area contributed by atoms with Gasteiger partial charge in [0, 0.05) is 23.9 Å². The van der Waals surface area contributed by atoms with Gasteiger partial charge in [0.25, 0.3) is 0 Å². The van der Waals surface area contributed by atoms with Crippen molar-refractivity contribution in [3.63, 3.8) is 0 Å². The standard InChI is InChI=1S/C13H20N2O2/c1-10(11-5-3-4-6-15-11)13(14-2)12-9-16-7-8-17-12/h3-6,10,12-14H,7-9H2,1-2H3. The highest BCUT2D eigenvalue weighted by Crippen LogP contribution is 2.21. The third-order valence-corrected chi connectivity index (χ3v) is 3.27. The van der Waals surface area contributed by atoms with Gasteiger partial charge in [-0.05, 0) is 19.2 Å². The Morgan fingerprint density at radius 1 is 1.41 bits per heavy atom. The summed E-state index contributed by atoms with van der Waals surface area (Å²) in [4.78, 5) is 4.41. The first-order chi connectivity index (χ1) is 8.33. The summed E-state index contributed by atoms with van der Waals surface area (Å²) in [5, 5.41) is 3.33. The molecule has 1 aromatic rings. The highest BCUT2D eigenvalue weighted by molar-refractivity contribution is 5.12. The van der Waals surface area contributed by atoms with Gasteiger partial charge in [-0.2, -0.15) is 0 Å². The lowest BCUT2D eigenvalue weighted by atomic mass is 9.93. The molecule has 2 rings (SSSR count). The molecule has 0 spiro atoms. The highest BCUT2D eigenvalue weighted by Gasteiger charge is 2.29. The number of nitrogens with zero attached hydrogens (tertiary/aromatic N) is 1. The first kappa shape index (κ1) is 12.5. The van der Waals surface area contributed by atoms with Crippen LogP contribution in [-0.2, 0) is 9.47 Å². The lowest BCUT2D eigenvalue weighted by Crippen LogP contribution is -2.48. The monoisotopic (exact) mass is 236 g/mol. The Morgan fingerprint density at radius 2 is 2.29 bits per heavy atom. The van der Waals surface area contributed by atoms with Gasteiger partial charge in [0.2, 0.25) is 0 Å². The van der Waals surface area contributed by atoms with E-state index in [9.17, 15) is 0 Å². The summed E-state index contributed by atoms with van der Waals surface area (Å²) < 4.78 is 11.2. The van der Waals surface area contributed by atoms with Crippen LogP contribution in [0.2, 0.25) is 0 Å². The van der Waals surface area contributed by atoms with Crippen molar-refractivity contribution in [3.05, 3.63) is 30.1 Å². The molecule has 1 aliphatic rings. The molecule has 1 saturated heterocycles. The fourth-order valence-corrected chi connectivity index (χ4v) is 2.30. The Morgan fingerprint density at radius 3 is 2.88 bits per heavy atom. The van der Waals surface area contributed by atoms with Crippen molar-refractivity contribution >= 4 is 0 Å². The van der Waals surface area contributed by atoms with Gasteiger partial charge in [-0.3, -0.25) is 4.98 Å². The molecule has 0 saturated carbocycles. The molecule has 1 N–H and O–H groups in total. The van der Waals surface area contributed by atoms with E-state index in [4.69, 9.17) is 9.47 Å². The lowest BCUT2D eigenvalue weighted by Gasteiger charge is -2.33. The maximum atomic E-state index is 5.76. The van der Waals surface area contributed by atoms with Crippen LogP contribution in [0.1, 0.15) is 18.5 Å². The minimum Gasteiger partial charge on any atom is -0.376 e. The van der Waals surface area contributed by atoms with Crippen LogP contribution in [0.5, 0.6) is 0 Å². The lowest BCUT2D eigenvalue weighted by molar-refractivity contribution is -0.103. The maximum Gasteiger partial charge on any atom is 0.0968 e. The number of rotatable bonds is 4. The zero-order valence-electron chi connectivity index (χ0n) is 10.4. The molecule has 94 valence electrons. The zero-order valence-corrected chi connectivity index (χ0v) is 10.4. The van der Waals surface area contributed by atoms with Crippen LogP contribution in [0.25, 0.3) is 0 Å². The molecule has 0 aromatic carbocycles. The van der Waals surface area contributed by atoms with Crippen LogP contribution >= 0.6 is 0 Å². The molecule has 0 aliphatic carbocycles. The van der Waals surface area contributed by atoms with E-state index in [-0.39, 0.29) is 12.1 Å². The summed E-state index contributed by atoms with van der Waals surface area (Å²) in [5.74, 6) is 0.299. The van der Waals surface area contributed by atoms with Crippen molar-refractivity contribution in [3.8, 4) is 0 Å². The number of likely N-dealkylation sites (N-methyl/N-ethyl adjacent to an activating group) is 1. The van der Waals surface area contributed by atoms with Gasteiger partial charge in [0.15, 0.2) is 0 Å². The second kappa shape index (κ2) is 6.10. The van der Waals surface area contributed by atoms with Crippen molar-refractivity contribution in [2.45, 2.75) is 25.0 Å². The Balaban J connectivity index is 2.06. The second-order valence-electron chi connectivity index (χ2n) is 4.34. The van der Waals surface area contributed by atoms with E-state index in [1.54, 1.807) is 0 Å². The quantitative estimate of drug-likeness (QED) is 0.852. The van der Waals surface area contributed by atoms with Crippen molar-refractivity contribution in [2.24, 2.45) is 0 Å². The third kappa shape index (κ3) is 3.03. The van der Waals surface area contributed by atoms with Gasteiger partial charge in [-0.1, -0.05) is 13.0 Å². The van der Waals surface area contributed by atoms with Crippen LogP contribution in [-0.4, -0.2) is 44.0 Å². The van der Waals surface area contributed by atoms with E-state index in [1.807, 2.05) is 25.4 Å². The van der Waals surface area contributed by atoms with Gasteiger partial charge in [0.05, 0.1) is 25.9 Å². The molecular formula is C13H20N2O2. The second-order valence-corrected chi connectivity index (χ2v) is 4.34. The smallest absolute Gasteiger partial charge is 0.0968 e. The number of aromatic nitrogens is 1. The highest BCUT2D eigenvalue weighted by atomic mass is 16.6. The molecule has 4 heteroatoms. The predicted molar refractivity (Wildman–Crippen MR) is 66.1 cm³/mol. The molecular weight excluding hydrogens is 216 g/mol. The molecule has 0 amide bonds.